The summed E-state index contributed by atoms with van der Waals surface area (Å²) in [5.74, 6) is 1.56. The lowest BCUT2D eigenvalue weighted by Crippen LogP contribution is -2.37. The molecule has 5 nitrogen and oxygen atoms in total. The molecule has 0 radical (unpaired) electrons. The number of hydrogen-bond acceptors (Lipinski definition) is 4. The monoisotopic (exact) mass is 416 g/mol. The summed E-state index contributed by atoms with van der Waals surface area (Å²) in [4.78, 5) is 17.6. The lowest BCUT2D eigenvalue weighted by molar-refractivity contribution is 0.0781. The molecule has 2 unspecified atom stereocenters. The normalized spacial score (nSPS) is 21.1. The highest BCUT2D eigenvalue weighted by Crippen LogP contribution is 2.36. The number of rotatable bonds is 5. The second kappa shape index (κ2) is 8.60. The van der Waals surface area contributed by atoms with Crippen LogP contribution in [0, 0.1) is 5.92 Å². The Morgan fingerprint density at radius 3 is 2.77 bits per heavy atom. The molecule has 5 heteroatoms. The minimum atomic E-state index is 0.0492. The molecule has 1 fully saturated rings. The zero-order valence-electron chi connectivity index (χ0n) is 17.9. The van der Waals surface area contributed by atoms with E-state index in [0.29, 0.717) is 18.0 Å². The van der Waals surface area contributed by atoms with Crippen molar-refractivity contribution in [3.05, 3.63) is 89.4 Å². The summed E-state index contributed by atoms with van der Waals surface area (Å²) >= 11 is 0. The fraction of sp³-hybridized carbons (Fsp3) is 0.346. The first-order chi connectivity index (χ1) is 15.2. The number of likely N-dealkylation sites (tertiary alicyclic amines) is 1. The number of carbonyl (C=O) groups excluding carboxylic acids is 1. The second-order valence-electron chi connectivity index (χ2n) is 8.62. The van der Waals surface area contributed by atoms with Crippen LogP contribution < -0.4 is 4.74 Å². The molecule has 1 amide bonds. The van der Waals surface area contributed by atoms with Crippen LogP contribution in [0.1, 0.15) is 33.0 Å². The van der Waals surface area contributed by atoms with Crippen molar-refractivity contribution in [3.63, 3.8) is 0 Å². The van der Waals surface area contributed by atoms with Crippen LogP contribution in [0.4, 0.5) is 0 Å². The third-order valence-electron chi connectivity index (χ3n) is 6.72. The summed E-state index contributed by atoms with van der Waals surface area (Å²) in [6.45, 7) is 4.49. The number of benzene rings is 2. The fourth-order valence-electron chi connectivity index (χ4n) is 5.08. The Hall–Kier alpha value is -3.05. The van der Waals surface area contributed by atoms with E-state index in [0.717, 1.165) is 38.3 Å². The number of hydrogen-bond donors (Lipinski definition) is 0. The largest absolute Gasteiger partial charge is 0.497 e. The topological polar surface area (TPSA) is 45.9 Å². The molecule has 0 aliphatic carbocycles. The smallest absolute Gasteiger partial charge is 0.257 e. The number of nitrogens with zero attached hydrogens (tertiary/aromatic N) is 2. The van der Waals surface area contributed by atoms with Crippen LogP contribution in [-0.4, -0.2) is 49.0 Å². The fourth-order valence-corrected chi connectivity index (χ4v) is 5.08. The van der Waals surface area contributed by atoms with E-state index in [1.165, 1.54) is 23.0 Å². The van der Waals surface area contributed by atoms with Crippen LogP contribution in [0.5, 0.6) is 5.75 Å². The van der Waals surface area contributed by atoms with Gasteiger partial charge in [-0.15, -0.1) is 0 Å². The van der Waals surface area contributed by atoms with E-state index in [-0.39, 0.29) is 11.8 Å². The van der Waals surface area contributed by atoms with Gasteiger partial charge in [0.05, 0.1) is 18.9 Å². The SMILES string of the molecule is COc1cccc(C2CN(C(=O)c3ccoc3)CC2CN2CCc3ccccc3C2)c1. The van der Waals surface area contributed by atoms with Gasteiger partial charge in [0.2, 0.25) is 0 Å². The van der Waals surface area contributed by atoms with Crippen LogP contribution in [-0.2, 0) is 13.0 Å². The van der Waals surface area contributed by atoms with Crippen molar-refractivity contribution in [1.82, 2.24) is 9.80 Å². The first-order valence-electron chi connectivity index (χ1n) is 11.0. The molecule has 0 N–H and O–H groups in total. The molecule has 0 saturated carbocycles. The Balaban J connectivity index is 1.38. The van der Waals surface area contributed by atoms with E-state index in [9.17, 15) is 4.79 Å². The third kappa shape index (κ3) is 4.10. The van der Waals surface area contributed by atoms with Gasteiger partial charge in [0.25, 0.3) is 5.91 Å². The number of ether oxygens (including phenoxy) is 1. The first-order valence-corrected chi connectivity index (χ1v) is 11.0. The highest BCUT2D eigenvalue weighted by Gasteiger charge is 2.38. The van der Waals surface area contributed by atoms with Gasteiger partial charge in [0.1, 0.15) is 12.0 Å². The van der Waals surface area contributed by atoms with E-state index >= 15 is 0 Å². The van der Waals surface area contributed by atoms with Crippen LogP contribution in [0.15, 0.2) is 71.5 Å². The number of amides is 1. The van der Waals surface area contributed by atoms with Gasteiger partial charge in [-0.25, -0.2) is 0 Å². The maximum absolute atomic E-state index is 13.0. The summed E-state index contributed by atoms with van der Waals surface area (Å²) in [5, 5.41) is 0. The maximum atomic E-state index is 13.0. The quantitative estimate of drug-likeness (QED) is 0.625. The molecule has 2 aliphatic rings. The third-order valence-corrected chi connectivity index (χ3v) is 6.72. The Bertz CT molecular complexity index is 1050. The van der Waals surface area contributed by atoms with Gasteiger partial charge >= 0.3 is 0 Å². The predicted molar refractivity (Wildman–Crippen MR) is 119 cm³/mol. The summed E-state index contributed by atoms with van der Waals surface area (Å²) in [6, 6.07) is 18.8. The van der Waals surface area contributed by atoms with Gasteiger partial charge in [-0.2, -0.15) is 0 Å². The molecule has 1 aromatic heterocycles. The molecular weight excluding hydrogens is 388 g/mol. The maximum Gasteiger partial charge on any atom is 0.257 e. The Morgan fingerprint density at radius 1 is 1.10 bits per heavy atom. The average molecular weight is 417 g/mol. The molecule has 3 heterocycles. The molecular formula is C26H28N2O3. The van der Waals surface area contributed by atoms with Crippen molar-refractivity contribution in [2.45, 2.75) is 18.9 Å². The van der Waals surface area contributed by atoms with Crippen LogP contribution >= 0.6 is 0 Å². The highest BCUT2D eigenvalue weighted by atomic mass is 16.5. The van der Waals surface area contributed by atoms with Gasteiger partial charge in [-0.3, -0.25) is 9.69 Å². The van der Waals surface area contributed by atoms with E-state index in [4.69, 9.17) is 9.15 Å². The molecule has 2 aromatic carbocycles. The predicted octanol–water partition coefficient (Wildman–Crippen LogP) is 4.20. The zero-order valence-corrected chi connectivity index (χ0v) is 17.9. The first kappa shape index (κ1) is 19.9. The molecule has 2 atom stereocenters. The summed E-state index contributed by atoms with van der Waals surface area (Å²) < 4.78 is 10.6. The van der Waals surface area contributed by atoms with Crippen molar-refractivity contribution >= 4 is 5.91 Å². The summed E-state index contributed by atoms with van der Waals surface area (Å²) in [7, 11) is 1.70. The molecule has 0 bridgehead atoms. The summed E-state index contributed by atoms with van der Waals surface area (Å²) in [6.07, 6.45) is 4.19. The van der Waals surface area contributed by atoms with Crippen LogP contribution in [0.25, 0.3) is 0 Å². The van der Waals surface area contributed by atoms with Crippen molar-refractivity contribution < 1.29 is 13.9 Å². The molecule has 0 spiro atoms. The van der Waals surface area contributed by atoms with E-state index < -0.39 is 0 Å². The van der Waals surface area contributed by atoms with Gasteiger partial charge in [-0.1, -0.05) is 36.4 Å². The Morgan fingerprint density at radius 2 is 1.97 bits per heavy atom. The van der Waals surface area contributed by atoms with Crippen molar-refractivity contribution in [3.8, 4) is 5.75 Å². The van der Waals surface area contributed by atoms with Crippen LogP contribution in [0.2, 0.25) is 0 Å². The number of carbonyl (C=O) groups is 1. The molecule has 31 heavy (non-hydrogen) atoms. The number of furan rings is 1. The highest BCUT2D eigenvalue weighted by molar-refractivity contribution is 5.94. The van der Waals surface area contributed by atoms with Crippen molar-refractivity contribution in [1.29, 1.82) is 0 Å². The van der Waals surface area contributed by atoms with Gasteiger partial charge < -0.3 is 14.1 Å². The van der Waals surface area contributed by atoms with Gasteiger partial charge in [0, 0.05) is 38.6 Å². The lowest BCUT2D eigenvalue weighted by Gasteiger charge is -2.32. The molecule has 2 aliphatic heterocycles. The Labute approximate surface area is 183 Å². The average Bonchev–Trinajstić information content (AvgIpc) is 3.49. The van der Waals surface area contributed by atoms with Crippen LogP contribution in [0.3, 0.4) is 0 Å². The van der Waals surface area contributed by atoms with Crippen molar-refractivity contribution in [2.24, 2.45) is 5.92 Å². The van der Waals surface area contributed by atoms with Crippen molar-refractivity contribution in [2.75, 3.05) is 33.3 Å². The standard InChI is InChI=1S/C26H28N2O3/c1-30-24-8-4-7-20(13-24)25-17-28(26(29)22-10-12-31-18-22)16-23(25)15-27-11-9-19-5-2-3-6-21(19)14-27/h2-8,10,12-13,18,23,25H,9,11,14-17H2,1H3. The minimum absolute atomic E-state index is 0.0492. The molecule has 1 saturated heterocycles. The van der Waals surface area contributed by atoms with Gasteiger partial charge in [-0.05, 0) is 47.2 Å². The number of methoxy groups -OCH3 is 1. The molecule has 160 valence electrons. The molecule has 5 rings (SSSR count). The van der Waals surface area contributed by atoms with Gasteiger partial charge in [0.15, 0.2) is 0 Å². The minimum Gasteiger partial charge on any atom is -0.497 e. The Kier molecular flexibility index (Phi) is 5.51. The van der Waals surface area contributed by atoms with E-state index in [2.05, 4.69) is 41.3 Å². The second-order valence-corrected chi connectivity index (χ2v) is 8.62. The van der Waals surface area contributed by atoms with E-state index in [1.807, 2.05) is 17.0 Å². The zero-order chi connectivity index (χ0) is 21.2. The number of fused-ring (bicyclic) bond motifs is 1. The van der Waals surface area contributed by atoms with E-state index in [1.54, 1.807) is 19.4 Å². The lowest BCUT2D eigenvalue weighted by atomic mass is 9.87. The molecule has 3 aromatic rings. The summed E-state index contributed by atoms with van der Waals surface area (Å²) in [5.41, 5.74) is 4.75.